The molecule has 0 saturated carbocycles. The van der Waals surface area contributed by atoms with Crippen molar-refractivity contribution in [1.82, 2.24) is 24.6 Å². The van der Waals surface area contributed by atoms with Gasteiger partial charge < -0.3 is 19.3 Å². The number of fused-ring (bicyclic) bond motifs is 1. The van der Waals surface area contributed by atoms with Crippen molar-refractivity contribution in [3.8, 4) is 0 Å². The maximum Gasteiger partial charge on any atom is 0.274 e. The van der Waals surface area contributed by atoms with Crippen molar-refractivity contribution >= 4 is 22.7 Å². The number of nitrogens with zero attached hydrogens (tertiary/aromatic N) is 5. The third-order valence-electron chi connectivity index (χ3n) is 6.13. The third-order valence-corrected chi connectivity index (χ3v) is 6.13. The van der Waals surface area contributed by atoms with E-state index in [4.69, 9.17) is 14.5 Å². The topological polar surface area (TPSA) is 89.8 Å². The third kappa shape index (κ3) is 4.34. The molecular weight excluding hydrogens is 422 g/mol. The molecule has 4 heterocycles. The van der Waals surface area contributed by atoms with Crippen LogP contribution in [0.1, 0.15) is 39.6 Å². The number of aryl methyl sites for hydroxylation is 1. The van der Waals surface area contributed by atoms with E-state index in [0.717, 1.165) is 10.9 Å². The predicted molar refractivity (Wildman–Crippen MR) is 121 cm³/mol. The Bertz CT molecular complexity index is 1170. The first-order valence-corrected chi connectivity index (χ1v) is 11.3. The number of hydrogen-bond acceptors (Lipinski definition) is 6. The number of benzene rings is 1. The molecule has 33 heavy (non-hydrogen) atoms. The summed E-state index contributed by atoms with van der Waals surface area (Å²) in [5.74, 6) is -0.159. The van der Waals surface area contributed by atoms with Crippen molar-refractivity contribution in [3.63, 3.8) is 0 Å². The number of pyridine rings is 1. The molecule has 2 saturated heterocycles. The number of hydrogen-bond donors (Lipinski definition) is 0. The molecule has 1 unspecified atom stereocenters. The maximum atomic E-state index is 13.4. The number of aromatic nitrogens is 3. The van der Waals surface area contributed by atoms with E-state index in [1.165, 1.54) is 0 Å². The quantitative estimate of drug-likeness (QED) is 0.606. The van der Waals surface area contributed by atoms with Crippen LogP contribution >= 0.6 is 0 Å². The first-order chi connectivity index (χ1) is 16.1. The number of carbonyl (C=O) groups is 2. The monoisotopic (exact) mass is 449 g/mol. The molecule has 0 aliphatic carbocycles. The van der Waals surface area contributed by atoms with Crippen molar-refractivity contribution in [3.05, 3.63) is 59.5 Å². The zero-order valence-corrected chi connectivity index (χ0v) is 18.6. The smallest absolute Gasteiger partial charge is 0.274 e. The van der Waals surface area contributed by atoms with Gasteiger partial charge in [-0.2, -0.15) is 5.10 Å². The van der Waals surface area contributed by atoms with Crippen LogP contribution in [0, 0.1) is 0 Å². The highest BCUT2D eigenvalue weighted by molar-refractivity contribution is 6.06. The summed E-state index contributed by atoms with van der Waals surface area (Å²) in [6.07, 6.45) is 1.39. The Hall–Kier alpha value is -3.30. The first-order valence-electron chi connectivity index (χ1n) is 11.3. The van der Waals surface area contributed by atoms with Crippen LogP contribution in [-0.4, -0.2) is 82.4 Å². The molecule has 5 rings (SSSR count). The summed E-state index contributed by atoms with van der Waals surface area (Å²) in [7, 11) is 0. The highest BCUT2D eigenvalue weighted by atomic mass is 16.5. The minimum absolute atomic E-state index is 0.0352. The first kappa shape index (κ1) is 21.5. The Kier molecular flexibility index (Phi) is 6.06. The number of para-hydroxylation sites is 1. The van der Waals surface area contributed by atoms with Crippen molar-refractivity contribution < 1.29 is 19.1 Å². The molecule has 9 nitrogen and oxygen atoms in total. The fraction of sp³-hybridized carbons (Fsp3) is 0.417. The highest BCUT2D eigenvalue weighted by Gasteiger charge is 2.30. The number of rotatable bonds is 4. The summed E-state index contributed by atoms with van der Waals surface area (Å²) < 4.78 is 13.1. The molecule has 0 N–H and O–H groups in total. The second-order valence-electron chi connectivity index (χ2n) is 8.18. The Labute approximate surface area is 191 Å². The van der Waals surface area contributed by atoms with Gasteiger partial charge >= 0.3 is 0 Å². The molecule has 2 aromatic heterocycles. The molecule has 2 fully saturated rings. The van der Waals surface area contributed by atoms with Gasteiger partial charge in [0.25, 0.3) is 11.8 Å². The molecule has 2 aliphatic rings. The number of carbonyl (C=O) groups excluding carboxylic acids is 2. The molecule has 1 atom stereocenters. The van der Waals surface area contributed by atoms with Crippen LogP contribution in [-0.2, 0) is 16.0 Å². The fourth-order valence-corrected chi connectivity index (χ4v) is 4.30. The average molecular weight is 450 g/mol. The Morgan fingerprint density at radius 1 is 1.03 bits per heavy atom. The van der Waals surface area contributed by atoms with Crippen LogP contribution in [0.3, 0.4) is 0 Å². The van der Waals surface area contributed by atoms with Crippen molar-refractivity contribution in [1.29, 1.82) is 0 Å². The molecule has 2 aliphatic heterocycles. The van der Waals surface area contributed by atoms with Gasteiger partial charge in [-0.3, -0.25) is 14.3 Å². The lowest BCUT2D eigenvalue weighted by Gasteiger charge is -2.33. The Morgan fingerprint density at radius 3 is 2.61 bits per heavy atom. The van der Waals surface area contributed by atoms with Gasteiger partial charge in [-0.05, 0) is 25.1 Å². The zero-order chi connectivity index (χ0) is 22.8. The molecule has 172 valence electrons. The maximum absolute atomic E-state index is 13.4. The van der Waals surface area contributed by atoms with Crippen molar-refractivity contribution in [2.45, 2.75) is 19.6 Å². The van der Waals surface area contributed by atoms with E-state index < -0.39 is 6.10 Å². The minimum Gasteiger partial charge on any atom is -0.378 e. The molecule has 9 heteroatoms. The molecule has 0 spiro atoms. The van der Waals surface area contributed by atoms with Crippen LogP contribution in [0.4, 0.5) is 0 Å². The summed E-state index contributed by atoms with van der Waals surface area (Å²) in [5.41, 5.74) is 2.42. The SMILES string of the molecule is CCn1ccc(C(=O)N2CCOC(c3cc(C(=O)N4CCOCC4)c4ccccc4n3)C2)n1. The molecule has 2 amide bonds. The van der Waals surface area contributed by atoms with Gasteiger partial charge in [-0.15, -0.1) is 0 Å². The number of amides is 2. The lowest BCUT2D eigenvalue weighted by Crippen LogP contribution is -2.43. The molecule has 0 radical (unpaired) electrons. The van der Waals surface area contributed by atoms with Gasteiger partial charge in [0.15, 0.2) is 0 Å². The number of morpholine rings is 2. The summed E-state index contributed by atoms with van der Waals surface area (Å²) >= 11 is 0. The van der Waals surface area contributed by atoms with Gasteiger partial charge in [0.05, 0.1) is 43.1 Å². The fourth-order valence-electron chi connectivity index (χ4n) is 4.30. The van der Waals surface area contributed by atoms with E-state index in [2.05, 4.69) is 5.10 Å². The second-order valence-corrected chi connectivity index (χ2v) is 8.18. The summed E-state index contributed by atoms with van der Waals surface area (Å²) in [4.78, 5) is 34.7. The normalized spacial score (nSPS) is 19.1. The number of ether oxygens (including phenoxy) is 2. The van der Waals surface area contributed by atoms with E-state index in [1.807, 2.05) is 42.2 Å². The van der Waals surface area contributed by atoms with Crippen LogP contribution in [0.2, 0.25) is 0 Å². The van der Waals surface area contributed by atoms with Crippen LogP contribution in [0.15, 0.2) is 42.6 Å². The Balaban J connectivity index is 1.44. The van der Waals surface area contributed by atoms with E-state index in [-0.39, 0.29) is 11.8 Å². The lowest BCUT2D eigenvalue weighted by molar-refractivity contribution is -0.0248. The highest BCUT2D eigenvalue weighted by Crippen LogP contribution is 2.27. The van der Waals surface area contributed by atoms with Crippen LogP contribution in [0.25, 0.3) is 10.9 Å². The largest absolute Gasteiger partial charge is 0.378 e. The molecule has 0 bridgehead atoms. The second kappa shape index (κ2) is 9.29. The van der Waals surface area contributed by atoms with Crippen molar-refractivity contribution in [2.24, 2.45) is 0 Å². The zero-order valence-electron chi connectivity index (χ0n) is 18.6. The lowest BCUT2D eigenvalue weighted by atomic mass is 10.0. The Morgan fingerprint density at radius 2 is 1.82 bits per heavy atom. The van der Waals surface area contributed by atoms with Gasteiger partial charge in [0, 0.05) is 37.8 Å². The van der Waals surface area contributed by atoms with Gasteiger partial charge in [-0.25, -0.2) is 4.98 Å². The summed E-state index contributed by atoms with van der Waals surface area (Å²) in [6.45, 7) is 6.14. The van der Waals surface area contributed by atoms with Crippen LogP contribution < -0.4 is 0 Å². The molecular formula is C24H27N5O4. The average Bonchev–Trinajstić information content (AvgIpc) is 3.37. The standard InChI is InChI=1S/C24H27N5O4/c1-2-29-8-7-20(26-29)24(31)28-11-14-33-22(16-28)21-15-18(17-5-3-4-6-19(17)25-21)23(30)27-9-12-32-13-10-27/h3-8,15,22H,2,9-14,16H2,1H3. The molecule has 1 aromatic carbocycles. The predicted octanol–water partition coefficient (Wildman–Crippen LogP) is 2.14. The van der Waals surface area contributed by atoms with E-state index in [0.29, 0.717) is 69.5 Å². The molecule has 3 aromatic rings. The minimum atomic E-state index is -0.420. The van der Waals surface area contributed by atoms with Gasteiger partial charge in [0.2, 0.25) is 0 Å². The van der Waals surface area contributed by atoms with E-state index in [9.17, 15) is 9.59 Å². The van der Waals surface area contributed by atoms with Gasteiger partial charge in [-0.1, -0.05) is 18.2 Å². The van der Waals surface area contributed by atoms with E-state index in [1.54, 1.807) is 21.8 Å². The van der Waals surface area contributed by atoms with Gasteiger partial charge in [0.1, 0.15) is 11.8 Å². The van der Waals surface area contributed by atoms with Crippen LogP contribution in [0.5, 0.6) is 0 Å². The summed E-state index contributed by atoms with van der Waals surface area (Å²) in [6, 6.07) is 11.2. The van der Waals surface area contributed by atoms with E-state index >= 15 is 0 Å². The van der Waals surface area contributed by atoms with Crippen molar-refractivity contribution in [2.75, 3.05) is 46.0 Å². The summed E-state index contributed by atoms with van der Waals surface area (Å²) in [5, 5.41) is 5.15.